The smallest absolute Gasteiger partial charge is 0.143 e. The van der Waals surface area contributed by atoms with E-state index in [9.17, 15) is 0 Å². The molecular weight excluding hydrogens is 264 g/mol. The molecule has 5 heteroatoms. The fourth-order valence-corrected chi connectivity index (χ4v) is 2.37. The van der Waals surface area contributed by atoms with Gasteiger partial charge in [-0.1, -0.05) is 31.1 Å². The minimum absolute atomic E-state index is 0.0251. The highest BCUT2D eigenvalue weighted by Crippen LogP contribution is 2.15. The van der Waals surface area contributed by atoms with E-state index in [1.165, 1.54) is 5.56 Å². The van der Waals surface area contributed by atoms with E-state index < -0.39 is 0 Å². The molecule has 0 aliphatic heterocycles. The van der Waals surface area contributed by atoms with Gasteiger partial charge in [-0.15, -0.1) is 0 Å². The van der Waals surface area contributed by atoms with Crippen molar-refractivity contribution in [3.05, 3.63) is 42.1 Å². The second kappa shape index (κ2) is 7.04. The average Bonchev–Trinajstić information content (AvgIpc) is 2.53. The summed E-state index contributed by atoms with van der Waals surface area (Å²) in [5.74, 6) is 0.299. The van der Waals surface area contributed by atoms with E-state index >= 15 is 0 Å². The Kier molecular flexibility index (Phi) is 5.11. The van der Waals surface area contributed by atoms with Crippen LogP contribution in [0.1, 0.15) is 19.4 Å². The number of hydrogen-bond acceptors (Lipinski definition) is 4. The van der Waals surface area contributed by atoms with Crippen molar-refractivity contribution >= 4 is 16.7 Å². The summed E-state index contributed by atoms with van der Waals surface area (Å²) in [6.45, 7) is 6.58. The number of oxime groups is 1. The first-order valence-electron chi connectivity index (χ1n) is 7.17. The van der Waals surface area contributed by atoms with Crippen LogP contribution >= 0.6 is 0 Å². The van der Waals surface area contributed by atoms with Gasteiger partial charge in [-0.2, -0.15) is 0 Å². The molecule has 0 saturated heterocycles. The van der Waals surface area contributed by atoms with Crippen LogP contribution in [0.4, 0.5) is 0 Å². The molecule has 5 nitrogen and oxygen atoms in total. The normalized spacial score (nSPS) is 13.8. The summed E-state index contributed by atoms with van der Waals surface area (Å²) in [6, 6.07) is 10.3. The standard InChI is InChI=1S/C16H22N4O/c1-3-20(10-12(2)16(17)19-21)11-13-6-7-15-14(9-13)5-4-8-18-15/h4-9,12,21H,3,10-11H2,1-2H3,(H2,17,19). The van der Waals surface area contributed by atoms with Crippen LogP contribution in [0.2, 0.25) is 0 Å². The Morgan fingerprint density at radius 3 is 2.95 bits per heavy atom. The summed E-state index contributed by atoms with van der Waals surface area (Å²) in [4.78, 5) is 6.61. The molecule has 1 aromatic carbocycles. The molecule has 1 aromatic heterocycles. The van der Waals surface area contributed by atoms with Gasteiger partial charge in [0.25, 0.3) is 0 Å². The zero-order chi connectivity index (χ0) is 15.2. The molecule has 0 spiro atoms. The highest BCUT2D eigenvalue weighted by atomic mass is 16.4. The third-order valence-corrected chi connectivity index (χ3v) is 3.67. The van der Waals surface area contributed by atoms with Gasteiger partial charge in [-0.25, -0.2) is 0 Å². The van der Waals surface area contributed by atoms with E-state index in [-0.39, 0.29) is 11.8 Å². The molecule has 0 radical (unpaired) electrons. The molecule has 0 aliphatic carbocycles. The van der Waals surface area contributed by atoms with Crippen molar-refractivity contribution in [2.24, 2.45) is 16.8 Å². The van der Waals surface area contributed by atoms with Gasteiger partial charge >= 0.3 is 0 Å². The van der Waals surface area contributed by atoms with E-state index in [1.807, 2.05) is 19.1 Å². The Hall–Kier alpha value is -2.14. The highest BCUT2D eigenvalue weighted by molar-refractivity contribution is 5.82. The van der Waals surface area contributed by atoms with Crippen LogP contribution in [0.3, 0.4) is 0 Å². The number of benzene rings is 1. The molecule has 0 fully saturated rings. The van der Waals surface area contributed by atoms with Crippen molar-refractivity contribution in [2.45, 2.75) is 20.4 Å². The summed E-state index contributed by atoms with van der Waals surface area (Å²) in [5, 5.41) is 13.0. The van der Waals surface area contributed by atoms with Crippen LogP contribution in [0, 0.1) is 5.92 Å². The maximum atomic E-state index is 8.74. The van der Waals surface area contributed by atoms with E-state index in [0.29, 0.717) is 0 Å². The third kappa shape index (κ3) is 3.92. The van der Waals surface area contributed by atoms with Gasteiger partial charge in [0.15, 0.2) is 0 Å². The molecular formula is C16H22N4O. The lowest BCUT2D eigenvalue weighted by atomic mass is 10.1. The lowest BCUT2D eigenvalue weighted by molar-refractivity contribution is 0.258. The van der Waals surface area contributed by atoms with Crippen molar-refractivity contribution in [1.82, 2.24) is 9.88 Å². The van der Waals surface area contributed by atoms with Crippen LogP contribution in [0.15, 0.2) is 41.7 Å². The molecule has 112 valence electrons. The minimum Gasteiger partial charge on any atom is -0.409 e. The maximum Gasteiger partial charge on any atom is 0.143 e. The van der Waals surface area contributed by atoms with Crippen molar-refractivity contribution in [3.63, 3.8) is 0 Å². The summed E-state index contributed by atoms with van der Waals surface area (Å²) in [6.07, 6.45) is 1.80. The number of fused-ring (bicyclic) bond motifs is 1. The zero-order valence-electron chi connectivity index (χ0n) is 12.5. The monoisotopic (exact) mass is 286 g/mol. The fourth-order valence-electron chi connectivity index (χ4n) is 2.37. The minimum atomic E-state index is 0.0251. The number of rotatable bonds is 6. The SMILES string of the molecule is CCN(Cc1ccc2ncccc2c1)CC(C)C(N)=NO. The molecule has 0 amide bonds. The van der Waals surface area contributed by atoms with Crippen LogP contribution in [0.25, 0.3) is 10.9 Å². The van der Waals surface area contributed by atoms with Crippen molar-refractivity contribution in [2.75, 3.05) is 13.1 Å². The number of pyridine rings is 1. The highest BCUT2D eigenvalue weighted by Gasteiger charge is 2.13. The van der Waals surface area contributed by atoms with E-state index in [4.69, 9.17) is 10.9 Å². The van der Waals surface area contributed by atoms with E-state index in [1.54, 1.807) is 6.20 Å². The van der Waals surface area contributed by atoms with E-state index in [2.05, 4.69) is 40.2 Å². The van der Waals surface area contributed by atoms with Gasteiger partial charge in [0.05, 0.1) is 5.52 Å². The molecule has 0 aliphatic rings. The van der Waals surface area contributed by atoms with Crippen molar-refractivity contribution in [1.29, 1.82) is 0 Å². The first kappa shape index (κ1) is 15.3. The topological polar surface area (TPSA) is 74.7 Å². The van der Waals surface area contributed by atoms with Gasteiger partial charge in [0.1, 0.15) is 5.84 Å². The van der Waals surface area contributed by atoms with Crippen LogP contribution in [0.5, 0.6) is 0 Å². The summed E-state index contributed by atoms with van der Waals surface area (Å²) in [7, 11) is 0. The second-order valence-corrected chi connectivity index (χ2v) is 5.28. The predicted molar refractivity (Wildman–Crippen MR) is 85.3 cm³/mol. The third-order valence-electron chi connectivity index (χ3n) is 3.67. The van der Waals surface area contributed by atoms with Gasteiger partial charge in [-0.3, -0.25) is 9.88 Å². The Balaban J connectivity index is 2.09. The first-order chi connectivity index (χ1) is 10.1. The van der Waals surface area contributed by atoms with Crippen molar-refractivity contribution < 1.29 is 5.21 Å². The molecule has 2 aromatic rings. The summed E-state index contributed by atoms with van der Waals surface area (Å²) >= 11 is 0. The molecule has 0 bridgehead atoms. The average molecular weight is 286 g/mol. The zero-order valence-corrected chi connectivity index (χ0v) is 12.5. The molecule has 0 saturated carbocycles. The lowest BCUT2D eigenvalue weighted by Gasteiger charge is -2.23. The Labute approximate surface area is 125 Å². The number of hydrogen-bond donors (Lipinski definition) is 2. The number of nitrogens with zero attached hydrogens (tertiary/aromatic N) is 3. The Bertz CT molecular complexity index is 626. The maximum absolute atomic E-state index is 8.74. The molecule has 1 atom stereocenters. The van der Waals surface area contributed by atoms with Crippen LogP contribution < -0.4 is 5.73 Å². The van der Waals surface area contributed by atoms with Crippen LogP contribution in [-0.2, 0) is 6.54 Å². The quantitative estimate of drug-likeness (QED) is 0.370. The molecule has 1 unspecified atom stereocenters. The molecule has 21 heavy (non-hydrogen) atoms. The number of amidine groups is 1. The molecule has 2 rings (SSSR count). The predicted octanol–water partition coefficient (Wildman–Crippen LogP) is 2.44. The first-order valence-corrected chi connectivity index (χ1v) is 7.17. The lowest BCUT2D eigenvalue weighted by Crippen LogP contribution is -2.34. The second-order valence-electron chi connectivity index (χ2n) is 5.28. The summed E-state index contributed by atoms with van der Waals surface area (Å²) in [5.41, 5.74) is 7.90. The summed E-state index contributed by atoms with van der Waals surface area (Å²) < 4.78 is 0. The molecule has 3 N–H and O–H groups in total. The largest absolute Gasteiger partial charge is 0.409 e. The van der Waals surface area contributed by atoms with Gasteiger partial charge in [0.2, 0.25) is 0 Å². The Morgan fingerprint density at radius 2 is 2.24 bits per heavy atom. The Morgan fingerprint density at radius 1 is 1.43 bits per heavy atom. The number of nitrogens with two attached hydrogens (primary N) is 1. The number of aromatic nitrogens is 1. The fraction of sp³-hybridized carbons (Fsp3) is 0.375. The van der Waals surface area contributed by atoms with Gasteiger partial charge in [0, 0.05) is 30.6 Å². The van der Waals surface area contributed by atoms with Crippen LogP contribution in [-0.4, -0.2) is 34.0 Å². The van der Waals surface area contributed by atoms with Crippen molar-refractivity contribution in [3.8, 4) is 0 Å². The van der Waals surface area contributed by atoms with Gasteiger partial charge < -0.3 is 10.9 Å². The van der Waals surface area contributed by atoms with Gasteiger partial charge in [-0.05, 0) is 30.3 Å². The molecule has 1 heterocycles. The van der Waals surface area contributed by atoms with E-state index in [0.717, 1.165) is 30.5 Å².